The van der Waals surface area contributed by atoms with Gasteiger partial charge in [-0.15, -0.1) is 0 Å². The van der Waals surface area contributed by atoms with Crippen LogP contribution in [0.1, 0.15) is 18.4 Å². The van der Waals surface area contributed by atoms with E-state index in [0.717, 1.165) is 30.1 Å². The van der Waals surface area contributed by atoms with Crippen molar-refractivity contribution in [2.24, 2.45) is 5.10 Å². The van der Waals surface area contributed by atoms with E-state index in [1.54, 1.807) is 7.11 Å². The lowest BCUT2D eigenvalue weighted by Gasteiger charge is -2.20. The van der Waals surface area contributed by atoms with Crippen LogP contribution in [0.15, 0.2) is 53.6 Å². The summed E-state index contributed by atoms with van der Waals surface area (Å²) in [6, 6.07) is 16.1. The Hall–Kier alpha value is -2.49. The molecule has 1 aliphatic heterocycles. The zero-order valence-electron chi connectivity index (χ0n) is 12.8. The molecule has 1 N–H and O–H groups in total. The second kappa shape index (κ2) is 6.98. The Morgan fingerprint density at radius 2 is 1.86 bits per heavy atom. The molecule has 1 fully saturated rings. The van der Waals surface area contributed by atoms with Crippen LogP contribution in [-0.2, 0) is 0 Å². The Bertz CT molecular complexity index is 634. The van der Waals surface area contributed by atoms with Crippen molar-refractivity contribution in [1.82, 2.24) is 0 Å². The fourth-order valence-corrected chi connectivity index (χ4v) is 2.69. The van der Waals surface area contributed by atoms with E-state index in [-0.39, 0.29) is 0 Å². The van der Waals surface area contributed by atoms with Crippen LogP contribution in [0, 0.1) is 0 Å². The van der Waals surface area contributed by atoms with Gasteiger partial charge in [0.1, 0.15) is 5.75 Å². The highest BCUT2D eigenvalue weighted by Crippen LogP contribution is 2.31. The van der Waals surface area contributed by atoms with Crippen LogP contribution in [0.2, 0.25) is 0 Å². The van der Waals surface area contributed by atoms with Gasteiger partial charge in [0.2, 0.25) is 0 Å². The maximum Gasteiger partial charge on any atom is 0.142 e. The van der Waals surface area contributed by atoms with E-state index < -0.39 is 0 Å². The smallest absolute Gasteiger partial charge is 0.142 e. The molecule has 22 heavy (non-hydrogen) atoms. The van der Waals surface area contributed by atoms with Gasteiger partial charge in [-0.1, -0.05) is 24.3 Å². The summed E-state index contributed by atoms with van der Waals surface area (Å²) in [5.41, 5.74) is 6.18. The van der Waals surface area contributed by atoms with Crippen molar-refractivity contribution in [1.29, 1.82) is 0 Å². The highest BCUT2D eigenvalue weighted by atomic mass is 16.5. The number of para-hydroxylation sites is 1. The molecule has 3 rings (SSSR count). The summed E-state index contributed by atoms with van der Waals surface area (Å²) in [6.45, 7) is 2.22. The molecule has 0 spiro atoms. The molecule has 0 atom stereocenters. The molecule has 4 heteroatoms. The summed E-state index contributed by atoms with van der Waals surface area (Å²) in [6.07, 6.45) is 4.32. The van der Waals surface area contributed by atoms with Crippen LogP contribution in [0.5, 0.6) is 5.75 Å². The van der Waals surface area contributed by atoms with Gasteiger partial charge in [-0.2, -0.15) is 5.10 Å². The summed E-state index contributed by atoms with van der Waals surface area (Å²) >= 11 is 0. The molecule has 2 aromatic rings. The first-order valence-electron chi connectivity index (χ1n) is 7.64. The molecule has 1 aliphatic rings. The minimum absolute atomic E-state index is 0.908. The normalized spacial score (nSPS) is 14.5. The van der Waals surface area contributed by atoms with E-state index in [1.165, 1.54) is 18.5 Å². The SMILES string of the molecule is COc1cc(C=NNc2ccccc2)ccc1N1CCCC1. The van der Waals surface area contributed by atoms with Gasteiger partial charge in [0.15, 0.2) is 0 Å². The quantitative estimate of drug-likeness (QED) is 0.674. The van der Waals surface area contributed by atoms with Crippen molar-refractivity contribution >= 4 is 17.6 Å². The largest absolute Gasteiger partial charge is 0.495 e. The molecule has 1 saturated heterocycles. The van der Waals surface area contributed by atoms with Crippen LogP contribution in [0.4, 0.5) is 11.4 Å². The molecule has 0 saturated carbocycles. The second-order valence-corrected chi connectivity index (χ2v) is 5.36. The second-order valence-electron chi connectivity index (χ2n) is 5.36. The molecule has 0 radical (unpaired) electrons. The minimum atomic E-state index is 0.908. The molecule has 0 aliphatic carbocycles. The number of hydrogen-bond acceptors (Lipinski definition) is 4. The summed E-state index contributed by atoms with van der Waals surface area (Å²) in [5, 5.41) is 4.27. The summed E-state index contributed by atoms with van der Waals surface area (Å²) in [5.74, 6) is 0.908. The Balaban J connectivity index is 1.71. The predicted molar refractivity (Wildman–Crippen MR) is 92.1 cm³/mol. The highest BCUT2D eigenvalue weighted by Gasteiger charge is 2.16. The molecule has 2 aromatic carbocycles. The van der Waals surface area contributed by atoms with E-state index in [9.17, 15) is 0 Å². The first kappa shape index (κ1) is 14.4. The molecule has 1 heterocycles. The van der Waals surface area contributed by atoms with Gasteiger partial charge in [0.05, 0.1) is 24.7 Å². The van der Waals surface area contributed by atoms with E-state index in [0.29, 0.717) is 0 Å². The van der Waals surface area contributed by atoms with Gasteiger partial charge in [-0.05, 0) is 42.7 Å². The maximum absolute atomic E-state index is 5.54. The van der Waals surface area contributed by atoms with Crippen molar-refractivity contribution in [2.75, 3.05) is 30.5 Å². The van der Waals surface area contributed by atoms with Crippen LogP contribution in [0.25, 0.3) is 0 Å². The van der Waals surface area contributed by atoms with Crippen molar-refractivity contribution < 1.29 is 4.74 Å². The third-order valence-electron chi connectivity index (χ3n) is 3.83. The molecule has 0 unspecified atom stereocenters. The van der Waals surface area contributed by atoms with Crippen LogP contribution in [-0.4, -0.2) is 26.4 Å². The fourth-order valence-electron chi connectivity index (χ4n) is 2.69. The van der Waals surface area contributed by atoms with Crippen LogP contribution < -0.4 is 15.1 Å². The topological polar surface area (TPSA) is 36.9 Å². The predicted octanol–water partition coefficient (Wildman–Crippen LogP) is 3.74. The lowest BCUT2D eigenvalue weighted by Crippen LogP contribution is -2.18. The summed E-state index contributed by atoms with van der Waals surface area (Å²) in [4.78, 5) is 2.38. The molecule has 114 valence electrons. The molecular formula is C18H21N3O. The minimum Gasteiger partial charge on any atom is -0.495 e. The van der Waals surface area contributed by atoms with Crippen LogP contribution >= 0.6 is 0 Å². The number of benzene rings is 2. The highest BCUT2D eigenvalue weighted by molar-refractivity contribution is 5.82. The third-order valence-corrected chi connectivity index (χ3v) is 3.83. The number of hydrazone groups is 1. The van der Waals surface area contributed by atoms with E-state index in [4.69, 9.17) is 4.74 Å². The number of rotatable bonds is 5. The summed E-state index contributed by atoms with van der Waals surface area (Å²) < 4.78 is 5.54. The number of nitrogens with zero attached hydrogens (tertiary/aromatic N) is 2. The Labute approximate surface area is 131 Å². The average Bonchev–Trinajstić information content (AvgIpc) is 3.10. The van der Waals surface area contributed by atoms with E-state index in [2.05, 4.69) is 27.6 Å². The number of anilines is 2. The van der Waals surface area contributed by atoms with Gasteiger partial charge in [-0.25, -0.2) is 0 Å². The maximum atomic E-state index is 5.54. The van der Waals surface area contributed by atoms with Crippen molar-refractivity contribution in [2.45, 2.75) is 12.8 Å². The molecule has 0 amide bonds. The average molecular weight is 295 g/mol. The van der Waals surface area contributed by atoms with Gasteiger partial charge >= 0.3 is 0 Å². The van der Waals surface area contributed by atoms with Crippen LogP contribution in [0.3, 0.4) is 0 Å². The number of hydrogen-bond donors (Lipinski definition) is 1. The van der Waals surface area contributed by atoms with Gasteiger partial charge in [-0.3, -0.25) is 5.43 Å². The number of nitrogens with one attached hydrogen (secondary N) is 1. The third kappa shape index (κ3) is 3.39. The van der Waals surface area contributed by atoms with Gasteiger partial charge in [0, 0.05) is 13.1 Å². The zero-order valence-corrected chi connectivity index (χ0v) is 12.8. The lowest BCUT2D eigenvalue weighted by atomic mass is 10.2. The molecule has 0 bridgehead atoms. The lowest BCUT2D eigenvalue weighted by molar-refractivity contribution is 0.415. The fraction of sp³-hybridized carbons (Fsp3) is 0.278. The van der Waals surface area contributed by atoms with Gasteiger partial charge < -0.3 is 9.64 Å². The zero-order chi connectivity index (χ0) is 15.2. The monoisotopic (exact) mass is 295 g/mol. The number of ether oxygens (including phenoxy) is 1. The first-order chi connectivity index (χ1) is 10.9. The molecule has 0 aromatic heterocycles. The molecule has 4 nitrogen and oxygen atoms in total. The van der Waals surface area contributed by atoms with E-state index >= 15 is 0 Å². The van der Waals surface area contributed by atoms with E-state index in [1.807, 2.05) is 42.6 Å². The molecular weight excluding hydrogens is 274 g/mol. The van der Waals surface area contributed by atoms with Gasteiger partial charge in [0.25, 0.3) is 0 Å². The standard InChI is InChI=1S/C18H21N3O/c1-22-18-13-15(9-10-17(18)21-11-5-6-12-21)14-19-20-16-7-3-2-4-8-16/h2-4,7-10,13-14,20H,5-6,11-12H2,1H3. The first-order valence-corrected chi connectivity index (χ1v) is 7.64. The Morgan fingerprint density at radius 3 is 2.59 bits per heavy atom. The van der Waals surface area contributed by atoms with Crippen molar-refractivity contribution in [3.05, 3.63) is 54.1 Å². The Kier molecular flexibility index (Phi) is 4.59. The van der Waals surface area contributed by atoms with Crippen molar-refractivity contribution in [3.8, 4) is 5.75 Å². The number of methoxy groups -OCH3 is 1. The van der Waals surface area contributed by atoms with Crippen molar-refractivity contribution in [3.63, 3.8) is 0 Å². The summed E-state index contributed by atoms with van der Waals surface area (Å²) in [7, 11) is 1.72. The Morgan fingerprint density at radius 1 is 1.09 bits per heavy atom.